The summed E-state index contributed by atoms with van der Waals surface area (Å²) in [6.45, 7) is 6.80. The Labute approximate surface area is 168 Å². The summed E-state index contributed by atoms with van der Waals surface area (Å²) < 4.78 is 11.3. The standard InChI is InChI=1S/C23H32N2O3/c1-18-7-3-4-8-20(18)15-24-14-19-9-10-22(23(13-19)27-2)28-17-21(26)16-25-11-5-6-12-25/h3-4,7-10,13,21,24,26H,5-6,11-12,14-17H2,1-2H3/t21-/m1/s1. The third kappa shape index (κ3) is 5.96. The van der Waals surface area contributed by atoms with Crippen LogP contribution in [0.3, 0.4) is 0 Å². The van der Waals surface area contributed by atoms with Crippen LogP contribution in [-0.4, -0.2) is 49.5 Å². The van der Waals surface area contributed by atoms with Crippen LogP contribution in [0.2, 0.25) is 0 Å². The number of aryl methyl sites for hydroxylation is 1. The molecule has 1 aliphatic rings. The molecular formula is C23H32N2O3. The molecule has 2 aromatic carbocycles. The number of ether oxygens (including phenoxy) is 2. The second kappa shape index (κ2) is 10.5. The lowest BCUT2D eigenvalue weighted by Crippen LogP contribution is -2.33. The van der Waals surface area contributed by atoms with E-state index in [2.05, 4.69) is 41.4 Å². The molecule has 2 aromatic rings. The van der Waals surface area contributed by atoms with E-state index in [1.165, 1.54) is 24.0 Å². The first-order chi connectivity index (χ1) is 13.7. The normalized spacial score (nSPS) is 15.5. The van der Waals surface area contributed by atoms with E-state index >= 15 is 0 Å². The van der Waals surface area contributed by atoms with Crippen LogP contribution >= 0.6 is 0 Å². The van der Waals surface area contributed by atoms with Gasteiger partial charge in [0.15, 0.2) is 11.5 Å². The van der Waals surface area contributed by atoms with Crippen LogP contribution < -0.4 is 14.8 Å². The molecule has 0 aromatic heterocycles. The Hall–Kier alpha value is -2.08. The molecule has 2 N–H and O–H groups in total. The minimum Gasteiger partial charge on any atom is -0.493 e. The van der Waals surface area contributed by atoms with Crippen LogP contribution in [0, 0.1) is 6.92 Å². The minimum absolute atomic E-state index is 0.276. The maximum absolute atomic E-state index is 10.2. The second-order valence-electron chi connectivity index (χ2n) is 7.49. The molecule has 0 spiro atoms. The molecule has 0 aliphatic carbocycles. The Kier molecular flexibility index (Phi) is 7.71. The van der Waals surface area contributed by atoms with Gasteiger partial charge in [0.1, 0.15) is 12.7 Å². The van der Waals surface area contributed by atoms with Crippen molar-refractivity contribution >= 4 is 0 Å². The summed E-state index contributed by atoms with van der Waals surface area (Å²) in [7, 11) is 1.65. The predicted octanol–water partition coefficient (Wildman–Crippen LogP) is 3.13. The number of benzene rings is 2. The molecule has 1 atom stereocenters. The molecule has 28 heavy (non-hydrogen) atoms. The van der Waals surface area contributed by atoms with Crippen molar-refractivity contribution < 1.29 is 14.6 Å². The lowest BCUT2D eigenvalue weighted by atomic mass is 10.1. The van der Waals surface area contributed by atoms with Gasteiger partial charge in [-0.25, -0.2) is 0 Å². The number of methoxy groups -OCH3 is 1. The van der Waals surface area contributed by atoms with Crippen LogP contribution in [0.25, 0.3) is 0 Å². The number of likely N-dealkylation sites (tertiary alicyclic amines) is 1. The first kappa shape index (κ1) is 20.6. The Morgan fingerprint density at radius 2 is 1.86 bits per heavy atom. The molecule has 0 unspecified atom stereocenters. The first-order valence-corrected chi connectivity index (χ1v) is 10.1. The smallest absolute Gasteiger partial charge is 0.161 e. The van der Waals surface area contributed by atoms with E-state index < -0.39 is 6.10 Å². The highest BCUT2D eigenvalue weighted by Gasteiger charge is 2.17. The van der Waals surface area contributed by atoms with Crippen molar-refractivity contribution in [2.75, 3.05) is 33.4 Å². The molecule has 5 nitrogen and oxygen atoms in total. The third-order valence-electron chi connectivity index (χ3n) is 5.23. The molecule has 0 saturated carbocycles. The fourth-order valence-electron chi connectivity index (χ4n) is 3.59. The highest BCUT2D eigenvalue weighted by Crippen LogP contribution is 2.28. The van der Waals surface area contributed by atoms with E-state index in [9.17, 15) is 5.11 Å². The van der Waals surface area contributed by atoms with Gasteiger partial charge in [0, 0.05) is 19.6 Å². The van der Waals surface area contributed by atoms with E-state index in [-0.39, 0.29) is 6.61 Å². The van der Waals surface area contributed by atoms with Gasteiger partial charge in [-0.05, 0) is 61.7 Å². The van der Waals surface area contributed by atoms with Crippen LogP contribution in [0.5, 0.6) is 11.5 Å². The Morgan fingerprint density at radius 3 is 2.61 bits per heavy atom. The number of nitrogens with one attached hydrogen (secondary N) is 1. The SMILES string of the molecule is COc1cc(CNCc2ccccc2C)ccc1OC[C@H](O)CN1CCCC1. The largest absolute Gasteiger partial charge is 0.493 e. The molecule has 0 radical (unpaired) electrons. The van der Waals surface area contributed by atoms with Crippen molar-refractivity contribution in [3.05, 3.63) is 59.2 Å². The van der Waals surface area contributed by atoms with E-state index in [1.54, 1.807) is 7.11 Å². The lowest BCUT2D eigenvalue weighted by molar-refractivity contribution is 0.0747. The summed E-state index contributed by atoms with van der Waals surface area (Å²) in [4.78, 5) is 2.29. The monoisotopic (exact) mass is 384 g/mol. The molecule has 0 amide bonds. The van der Waals surface area contributed by atoms with Gasteiger partial charge >= 0.3 is 0 Å². The third-order valence-corrected chi connectivity index (χ3v) is 5.23. The van der Waals surface area contributed by atoms with Crippen LogP contribution in [0.4, 0.5) is 0 Å². The lowest BCUT2D eigenvalue weighted by Gasteiger charge is -2.20. The van der Waals surface area contributed by atoms with Gasteiger partial charge in [0.25, 0.3) is 0 Å². The summed E-state index contributed by atoms with van der Waals surface area (Å²) >= 11 is 0. The van der Waals surface area contributed by atoms with E-state index in [0.717, 1.165) is 31.7 Å². The number of rotatable bonds is 10. The zero-order valence-electron chi connectivity index (χ0n) is 17.0. The number of aliphatic hydroxyl groups is 1. The number of hydrogen-bond acceptors (Lipinski definition) is 5. The Balaban J connectivity index is 1.49. The van der Waals surface area contributed by atoms with Crippen molar-refractivity contribution in [1.29, 1.82) is 0 Å². The average Bonchev–Trinajstić information content (AvgIpc) is 3.21. The fourth-order valence-corrected chi connectivity index (χ4v) is 3.59. The Bertz CT molecular complexity index is 744. The van der Waals surface area contributed by atoms with Crippen molar-refractivity contribution in [1.82, 2.24) is 10.2 Å². The van der Waals surface area contributed by atoms with Crippen LogP contribution in [-0.2, 0) is 13.1 Å². The molecule has 5 heteroatoms. The van der Waals surface area contributed by atoms with Crippen molar-refractivity contribution in [2.24, 2.45) is 0 Å². The highest BCUT2D eigenvalue weighted by atomic mass is 16.5. The number of aliphatic hydroxyl groups excluding tert-OH is 1. The molecule has 1 saturated heterocycles. The maximum Gasteiger partial charge on any atom is 0.161 e. The summed E-state index contributed by atoms with van der Waals surface area (Å²) in [6.07, 6.45) is 1.96. The highest BCUT2D eigenvalue weighted by molar-refractivity contribution is 5.43. The maximum atomic E-state index is 10.2. The van der Waals surface area contributed by atoms with Gasteiger partial charge < -0.3 is 24.8 Å². The second-order valence-corrected chi connectivity index (χ2v) is 7.49. The molecule has 1 fully saturated rings. The quantitative estimate of drug-likeness (QED) is 0.659. The zero-order valence-corrected chi connectivity index (χ0v) is 17.0. The predicted molar refractivity (Wildman–Crippen MR) is 112 cm³/mol. The van der Waals surface area contributed by atoms with Crippen molar-refractivity contribution in [3.8, 4) is 11.5 Å². The van der Waals surface area contributed by atoms with Gasteiger partial charge in [-0.2, -0.15) is 0 Å². The van der Waals surface area contributed by atoms with Crippen molar-refractivity contribution in [3.63, 3.8) is 0 Å². The zero-order chi connectivity index (χ0) is 19.8. The van der Waals surface area contributed by atoms with Crippen LogP contribution in [0.1, 0.15) is 29.5 Å². The van der Waals surface area contributed by atoms with Gasteiger partial charge in [-0.15, -0.1) is 0 Å². The molecular weight excluding hydrogens is 352 g/mol. The average molecular weight is 385 g/mol. The topological polar surface area (TPSA) is 54.0 Å². The van der Waals surface area contributed by atoms with E-state index in [1.807, 2.05) is 18.2 Å². The number of nitrogens with zero attached hydrogens (tertiary/aromatic N) is 1. The summed E-state index contributed by atoms with van der Waals surface area (Å²) in [5.41, 5.74) is 3.74. The number of hydrogen-bond donors (Lipinski definition) is 2. The van der Waals surface area contributed by atoms with E-state index in [0.29, 0.717) is 18.0 Å². The minimum atomic E-state index is -0.488. The molecule has 1 heterocycles. The molecule has 1 aliphatic heterocycles. The van der Waals surface area contributed by atoms with Gasteiger partial charge in [0.05, 0.1) is 7.11 Å². The Morgan fingerprint density at radius 1 is 1.07 bits per heavy atom. The summed E-state index contributed by atoms with van der Waals surface area (Å²) in [5, 5.41) is 13.7. The molecule has 152 valence electrons. The number of β-amino-alcohol motifs (C(OH)–C–C–N with tert-alkyl or cyclic N) is 1. The van der Waals surface area contributed by atoms with Gasteiger partial charge in [0.2, 0.25) is 0 Å². The summed E-state index contributed by atoms with van der Waals surface area (Å²) in [5.74, 6) is 1.37. The van der Waals surface area contributed by atoms with Gasteiger partial charge in [-0.3, -0.25) is 0 Å². The van der Waals surface area contributed by atoms with Crippen LogP contribution in [0.15, 0.2) is 42.5 Å². The molecule has 3 rings (SSSR count). The van der Waals surface area contributed by atoms with Crippen molar-refractivity contribution in [2.45, 2.75) is 39.0 Å². The summed E-state index contributed by atoms with van der Waals surface area (Å²) in [6, 6.07) is 14.4. The first-order valence-electron chi connectivity index (χ1n) is 10.1. The van der Waals surface area contributed by atoms with Gasteiger partial charge in [-0.1, -0.05) is 30.3 Å². The van der Waals surface area contributed by atoms with E-state index in [4.69, 9.17) is 9.47 Å². The molecule has 0 bridgehead atoms. The fraction of sp³-hybridized carbons (Fsp3) is 0.478.